The van der Waals surface area contributed by atoms with Crippen LogP contribution in [0.4, 0.5) is 0 Å². The first-order valence-electron chi connectivity index (χ1n) is 4.72. The van der Waals surface area contributed by atoms with Crippen LogP contribution in [0.25, 0.3) is 6.08 Å². The minimum atomic E-state index is 0.359. The molecule has 0 atom stereocenters. The first-order chi connectivity index (χ1) is 6.27. The third-order valence-electron chi connectivity index (χ3n) is 1.98. The topological polar surface area (TPSA) is 20.2 Å². The molecule has 70 valence electrons. The van der Waals surface area contributed by atoms with Gasteiger partial charge in [-0.05, 0) is 31.0 Å². The van der Waals surface area contributed by atoms with Crippen molar-refractivity contribution in [1.29, 1.82) is 0 Å². The Morgan fingerprint density at radius 3 is 2.77 bits per heavy atom. The van der Waals surface area contributed by atoms with Gasteiger partial charge >= 0.3 is 0 Å². The molecule has 0 radical (unpaired) electrons. The quantitative estimate of drug-likeness (QED) is 0.748. The number of hydrogen-bond acceptors (Lipinski definition) is 1. The molecule has 0 amide bonds. The highest BCUT2D eigenvalue weighted by Crippen LogP contribution is 2.20. The fourth-order valence-corrected chi connectivity index (χ4v) is 1.36. The Morgan fingerprint density at radius 1 is 1.38 bits per heavy atom. The van der Waals surface area contributed by atoms with Crippen LogP contribution in [0.15, 0.2) is 24.3 Å². The first kappa shape index (κ1) is 9.85. The molecule has 1 N–H and O–H groups in total. The van der Waals surface area contributed by atoms with E-state index in [0.29, 0.717) is 5.75 Å². The standard InChI is InChI=1S/C12H16O/c1-3-5-10-7-8-12(13)11(9-10)6-4-2/h4,6-9,13H,3,5H2,1-2H3. The number of phenolic OH excluding ortho intramolecular Hbond substituents is 1. The summed E-state index contributed by atoms with van der Waals surface area (Å²) in [5, 5.41) is 9.48. The van der Waals surface area contributed by atoms with Gasteiger partial charge < -0.3 is 5.11 Å². The molecule has 0 unspecified atom stereocenters. The lowest BCUT2D eigenvalue weighted by molar-refractivity contribution is 0.474. The van der Waals surface area contributed by atoms with E-state index in [1.807, 2.05) is 31.2 Å². The van der Waals surface area contributed by atoms with Crippen molar-refractivity contribution < 1.29 is 5.11 Å². The molecule has 1 nitrogen and oxygen atoms in total. The van der Waals surface area contributed by atoms with Crippen LogP contribution in [0, 0.1) is 0 Å². The molecule has 0 aliphatic heterocycles. The predicted octanol–water partition coefficient (Wildman–Crippen LogP) is 3.38. The van der Waals surface area contributed by atoms with Gasteiger partial charge in [-0.15, -0.1) is 0 Å². The van der Waals surface area contributed by atoms with E-state index in [-0.39, 0.29) is 0 Å². The van der Waals surface area contributed by atoms with Gasteiger partial charge in [0.1, 0.15) is 5.75 Å². The van der Waals surface area contributed by atoms with Gasteiger partial charge in [-0.2, -0.15) is 0 Å². The largest absolute Gasteiger partial charge is 0.507 e. The van der Waals surface area contributed by atoms with Crippen molar-refractivity contribution in [2.45, 2.75) is 26.7 Å². The van der Waals surface area contributed by atoms with Gasteiger partial charge in [0.15, 0.2) is 0 Å². The summed E-state index contributed by atoms with van der Waals surface area (Å²) in [6, 6.07) is 5.78. The molecule has 1 rings (SSSR count). The van der Waals surface area contributed by atoms with E-state index in [0.717, 1.165) is 18.4 Å². The molecule has 0 bridgehead atoms. The number of aromatic hydroxyl groups is 1. The van der Waals surface area contributed by atoms with Gasteiger partial charge in [0.2, 0.25) is 0 Å². The zero-order valence-corrected chi connectivity index (χ0v) is 8.25. The van der Waals surface area contributed by atoms with Crippen LogP contribution < -0.4 is 0 Å². The fourth-order valence-electron chi connectivity index (χ4n) is 1.36. The minimum absolute atomic E-state index is 0.359. The summed E-state index contributed by atoms with van der Waals surface area (Å²) in [6.07, 6.45) is 6.07. The molecule has 0 saturated heterocycles. The van der Waals surface area contributed by atoms with E-state index in [4.69, 9.17) is 0 Å². The van der Waals surface area contributed by atoms with Gasteiger partial charge in [0, 0.05) is 5.56 Å². The van der Waals surface area contributed by atoms with E-state index in [2.05, 4.69) is 6.92 Å². The van der Waals surface area contributed by atoms with Crippen LogP contribution in [0.2, 0.25) is 0 Å². The number of allylic oxidation sites excluding steroid dienone is 1. The SMILES string of the molecule is CC=Cc1cc(CCC)ccc1O. The summed E-state index contributed by atoms with van der Waals surface area (Å²) in [5.74, 6) is 0.359. The normalized spacial score (nSPS) is 10.9. The first-order valence-corrected chi connectivity index (χ1v) is 4.72. The Balaban J connectivity index is 2.96. The number of benzene rings is 1. The summed E-state index contributed by atoms with van der Waals surface area (Å²) < 4.78 is 0. The molecule has 1 heteroatoms. The summed E-state index contributed by atoms with van der Waals surface area (Å²) in [4.78, 5) is 0. The monoisotopic (exact) mass is 176 g/mol. The number of phenols is 1. The van der Waals surface area contributed by atoms with E-state index >= 15 is 0 Å². The highest BCUT2D eigenvalue weighted by Gasteiger charge is 1.98. The van der Waals surface area contributed by atoms with Crippen LogP contribution in [-0.2, 0) is 6.42 Å². The Bertz CT molecular complexity index is 300. The lowest BCUT2D eigenvalue weighted by atomic mass is 10.1. The second kappa shape index (κ2) is 4.70. The molecular weight excluding hydrogens is 160 g/mol. The lowest BCUT2D eigenvalue weighted by Crippen LogP contribution is -1.84. The zero-order valence-electron chi connectivity index (χ0n) is 8.25. The smallest absolute Gasteiger partial charge is 0.122 e. The van der Waals surface area contributed by atoms with Crippen molar-refractivity contribution in [2.24, 2.45) is 0 Å². The molecule has 1 aromatic carbocycles. The highest BCUT2D eigenvalue weighted by molar-refractivity contribution is 5.57. The maximum Gasteiger partial charge on any atom is 0.122 e. The van der Waals surface area contributed by atoms with Crippen molar-refractivity contribution in [3.8, 4) is 5.75 Å². The van der Waals surface area contributed by atoms with Crippen molar-refractivity contribution in [3.05, 3.63) is 35.4 Å². The van der Waals surface area contributed by atoms with Crippen molar-refractivity contribution in [3.63, 3.8) is 0 Å². The molecule has 0 aliphatic carbocycles. The van der Waals surface area contributed by atoms with Gasteiger partial charge in [-0.1, -0.05) is 31.6 Å². The molecule has 0 aliphatic rings. The third-order valence-corrected chi connectivity index (χ3v) is 1.98. The second-order valence-corrected chi connectivity index (χ2v) is 3.14. The Kier molecular flexibility index (Phi) is 3.56. The van der Waals surface area contributed by atoms with Crippen LogP contribution >= 0.6 is 0 Å². The average Bonchev–Trinajstić information content (AvgIpc) is 2.12. The molecule has 0 saturated carbocycles. The summed E-state index contributed by atoms with van der Waals surface area (Å²) in [7, 11) is 0. The van der Waals surface area contributed by atoms with E-state index in [1.165, 1.54) is 5.56 Å². The lowest BCUT2D eigenvalue weighted by Gasteiger charge is -2.02. The maximum atomic E-state index is 9.48. The van der Waals surface area contributed by atoms with Gasteiger partial charge in [0.25, 0.3) is 0 Å². The number of rotatable bonds is 3. The molecule has 0 fully saturated rings. The molecule has 1 aromatic rings. The van der Waals surface area contributed by atoms with Crippen LogP contribution in [0.3, 0.4) is 0 Å². The molecule has 13 heavy (non-hydrogen) atoms. The van der Waals surface area contributed by atoms with E-state index < -0.39 is 0 Å². The Morgan fingerprint density at radius 2 is 2.15 bits per heavy atom. The number of hydrogen-bond donors (Lipinski definition) is 1. The summed E-state index contributed by atoms with van der Waals surface area (Å²) in [5.41, 5.74) is 2.20. The molecule has 0 aromatic heterocycles. The van der Waals surface area contributed by atoms with Crippen LogP contribution in [-0.4, -0.2) is 5.11 Å². The zero-order chi connectivity index (χ0) is 9.68. The van der Waals surface area contributed by atoms with E-state index in [9.17, 15) is 5.11 Å². The van der Waals surface area contributed by atoms with Gasteiger partial charge in [-0.3, -0.25) is 0 Å². The van der Waals surface area contributed by atoms with Gasteiger partial charge in [-0.25, -0.2) is 0 Å². The number of aryl methyl sites for hydroxylation is 1. The predicted molar refractivity (Wildman–Crippen MR) is 56.8 cm³/mol. The third kappa shape index (κ3) is 2.62. The summed E-state index contributed by atoms with van der Waals surface area (Å²) >= 11 is 0. The van der Waals surface area contributed by atoms with Crippen molar-refractivity contribution in [1.82, 2.24) is 0 Å². The fraction of sp³-hybridized carbons (Fsp3) is 0.333. The maximum absolute atomic E-state index is 9.48. The molecule has 0 spiro atoms. The van der Waals surface area contributed by atoms with Crippen LogP contribution in [0.5, 0.6) is 5.75 Å². The molecular formula is C12H16O. The van der Waals surface area contributed by atoms with Crippen LogP contribution in [0.1, 0.15) is 31.4 Å². The van der Waals surface area contributed by atoms with Gasteiger partial charge in [0.05, 0.1) is 0 Å². The Labute approximate surface area is 79.7 Å². The molecule has 0 heterocycles. The van der Waals surface area contributed by atoms with E-state index in [1.54, 1.807) is 6.07 Å². The average molecular weight is 176 g/mol. The van der Waals surface area contributed by atoms with Crippen molar-refractivity contribution in [2.75, 3.05) is 0 Å². The highest BCUT2D eigenvalue weighted by atomic mass is 16.3. The minimum Gasteiger partial charge on any atom is -0.507 e. The summed E-state index contributed by atoms with van der Waals surface area (Å²) in [6.45, 7) is 4.11. The second-order valence-electron chi connectivity index (χ2n) is 3.14. The van der Waals surface area contributed by atoms with Crippen molar-refractivity contribution >= 4 is 6.08 Å². The Hall–Kier alpha value is -1.24.